The highest BCUT2D eigenvalue weighted by atomic mass is 79.9. The summed E-state index contributed by atoms with van der Waals surface area (Å²) in [4.78, 5) is 0.00641. The van der Waals surface area contributed by atoms with E-state index in [4.69, 9.17) is 11.6 Å². The number of hydrogen-bond acceptors (Lipinski definition) is 5. The van der Waals surface area contributed by atoms with Crippen LogP contribution in [0.2, 0.25) is 5.02 Å². The van der Waals surface area contributed by atoms with E-state index < -0.39 is 10.0 Å². The van der Waals surface area contributed by atoms with Gasteiger partial charge >= 0.3 is 0 Å². The molecule has 0 amide bonds. The molecule has 0 saturated carbocycles. The zero-order chi connectivity index (χ0) is 16.4. The summed E-state index contributed by atoms with van der Waals surface area (Å²) in [6, 6.07) is 11.2. The Morgan fingerprint density at radius 1 is 1.13 bits per heavy atom. The Morgan fingerprint density at radius 3 is 2.48 bits per heavy atom. The number of rotatable bonds is 4. The topological polar surface area (TPSA) is 89.8 Å². The maximum Gasteiger partial charge on any atom is 0.263 e. The molecule has 0 spiro atoms. The third-order valence-electron chi connectivity index (χ3n) is 2.92. The fourth-order valence-electron chi connectivity index (χ4n) is 1.87. The van der Waals surface area contributed by atoms with E-state index in [-0.39, 0.29) is 9.92 Å². The van der Waals surface area contributed by atoms with Gasteiger partial charge in [-0.05, 0) is 52.9 Å². The van der Waals surface area contributed by atoms with Crippen molar-refractivity contribution in [2.75, 3.05) is 4.72 Å². The number of aromatic nitrogens is 4. The molecule has 1 aromatic heterocycles. The Balaban J connectivity index is 1.86. The Hall–Kier alpha value is -1.97. The first-order chi connectivity index (χ1) is 11.0. The van der Waals surface area contributed by atoms with E-state index in [9.17, 15) is 8.42 Å². The molecule has 2 aromatic carbocycles. The molecule has 1 heterocycles. The van der Waals surface area contributed by atoms with Gasteiger partial charge in [-0.3, -0.25) is 4.72 Å². The maximum absolute atomic E-state index is 12.4. The van der Waals surface area contributed by atoms with Crippen molar-refractivity contribution in [3.8, 4) is 5.69 Å². The van der Waals surface area contributed by atoms with Crippen molar-refractivity contribution in [2.45, 2.75) is 4.90 Å². The molecule has 23 heavy (non-hydrogen) atoms. The number of halogens is 2. The Bertz CT molecular complexity index is 930. The monoisotopic (exact) mass is 413 g/mol. The van der Waals surface area contributed by atoms with Gasteiger partial charge in [0.1, 0.15) is 11.2 Å². The molecule has 7 nitrogen and oxygen atoms in total. The summed E-state index contributed by atoms with van der Waals surface area (Å²) in [5.74, 6) is 0. The quantitative estimate of drug-likeness (QED) is 0.709. The number of tetrazole rings is 1. The molecule has 0 aliphatic rings. The van der Waals surface area contributed by atoms with Gasteiger partial charge in [-0.2, -0.15) is 0 Å². The summed E-state index contributed by atoms with van der Waals surface area (Å²) in [5.41, 5.74) is 1.11. The van der Waals surface area contributed by atoms with Gasteiger partial charge in [-0.1, -0.05) is 27.5 Å². The molecule has 10 heteroatoms. The molecular formula is C13H9BrClN5O2S. The second kappa shape index (κ2) is 6.26. The smallest absolute Gasteiger partial charge is 0.263 e. The van der Waals surface area contributed by atoms with Crippen molar-refractivity contribution < 1.29 is 8.42 Å². The van der Waals surface area contributed by atoms with Gasteiger partial charge in [-0.25, -0.2) is 13.1 Å². The highest BCUT2D eigenvalue weighted by Gasteiger charge is 2.18. The summed E-state index contributed by atoms with van der Waals surface area (Å²) >= 11 is 9.24. The molecule has 0 atom stereocenters. The SMILES string of the molecule is O=S(=O)(Nc1ccc(-n2cnnn2)cc1)c1ccc(Br)cc1Cl. The van der Waals surface area contributed by atoms with E-state index >= 15 is 0 Å². The number of hydrogen-bond donors (Lipinski definition) is 1. The number of sulfonamides is 1. The van der Waals surface area contributed by atoms with E-state index in [1.165, 1.54) is 23.1 Å². The minimum atomic E-state index is -3.78. The molecule has 0 aliphatic heterocycles. The highest BCUT2D eigenvalue weighted by molar-refractivity contribution is 9.10. The minimum Gasteiger partial charge on any atom is -0.280 e. The van der Waals surface area contributed by atoms with Crippen LogP contribution < -0.4 is 4.72 Å². The average Bonchev–Trinajstić information content (AvgIpc) is 3.01. The van der Waals surface area contributed by atoms with Crippen LogP contribution in [0.5, 0.6) is 0 Å². The van der Waals surface area contributed by atoms with Crippen molar-refractivity contribution in [1.29, 1.82) is 0 Å². The van der Waals surface area contributed by atoms with E-state index in [2.05, 4.69) is 36.2 Å². The molecule has 0 bridgehead atoms. The van der Waals surface area contributed by atoms with Crippen LogP contribution in [-0.2, 0) is 10.0 Å². The van der Waals surface area contributed by atoms with Gasteiger partial charge < -0.3 is 0 Å². The van der Waals surface area contributed by atoms with Crippen LogP contribution in [0, 0.1) is 0 Å². The summed E-state index contributed by atoms with van der Waals surface area (Å²) in [5, 5.41) is 11.0. The maximum atomic E-state index is 12.4. The van der Waals surface area contributed by atoms with Gasteiger partial charge in [0.2, 0.25) is 0 Å². The first-order valence-corrected chi connectivity index (χ1v) is 8.92. The molecule has 0 saturated heterocycles. The third kappa shape index (κ3) is 3.52. The van der Waals surface area contributed by atoms with Crippen molar-refractivity contribution in [1.82, 2.24) is 20.2 Å². The van der Waals surface area contributed by atoms with E-state index in [0.717, 1.165) is 0 Å². The van der Waals surface area contributed by atoms with Gasteiger partial charge in [-0.15, -0.1) is 5.10 Å². The Morgan fingerprint density at radius 2 is 1.87 bits per heavy atom. The molecule has 0 radical (unpaired) electrons. The largest absolute Gasteiger partial charge is 0.280 e. The predicted molar refractivity (Wildman–Crippen MR) is 89.1 cm³/mol. The summed E-state index contributed by atoms with van der Waals surface area (Å²) in [6.45, 7) is 0. The van der Waals surface area contributed by atoms with Crippen molar-refractivity contribution in [3.05, 3.63) is 58.3 Å². The predicted octanol–water partition coefficient (Wildman–Crippen LogP) is 2.88. The van der Waals surface area contributed by atoms with E-state index in [1.54, 1.807) is 30.3 Å². The second-order valence-electron chi connectivity index (χ2n) is 4.48. The fourth-order valence-corrected chi connectivity index (χ4v) is 3.96. The zero-order valence-electron chi connectivity index (χ0n) is 11.4. The first-order valence-electron chi connectivity index (χ1n) is 6.27. The standard InChI is InChI=1S/C13H9BrClN5O2S/c14-9-1-6-13(12(15)7-9)23(21,22)17-10-2-4-11(5-3-10)20-8-16-18-19-20/h1-8,17H. The van der Waals surface area contributed by atoms with E-state index in [1.807, 2.05) is 0 Å². The summed E-state index contributed by atoms with van der Waals surface area (Å²) in [6.07, 6.45) is 1.45. The van der Waals surface area contributed by atoms with Crippen LogP contribution in [0.3, 0.4) is 0 Å². The first kappa shape index (κ1) is 15.9. The molecule has 118 valence electrons. The molecule has 3 aromatic rings. The Kier molecular flexibility index (Phi) is 4.33. The molecule has 0 aliphatic carbocycles. The normalized spacial score (nSPS) is 11.4. The van der Waals surface area contributed by atoms with E-state index in [0.29, 0.717) is 15.8 Å². The lowest BCUT2D eigenvalue weighted by Crippen LogP contribution is -2.13. The van der Waals surface area contributed by atoms with Gasteiger partial charge in [0, 0.05) is 10.2 Å². The zero-order valence-corrected chi connectivity index (χ0v) is 14.5. The van der Waals surface area contributed by atoms with Crippen LogP contribution in [-0.4, -0.2) is 28.6 Å². The van der Waals surface area contributed by atoms with Gasteiger partial charge in [0.15, 0.2) is 0 Å². The van der Waals surface area contributed by atoms with Crippen LogP contribution in [0.15, 0.2) is 58.2 Å². The minimum absolute atomic E-state index is 0.00641. The molecular weight excluding hydrogens is 406 g/mol. The lowest BCUT2D eigenvalue weighted by molar-refractivity contribution is 0.601. The number of anilines is 1. The Labute approximate surface area is 145 Å². The summed E-state index contributed by atoms with van der Waals surface area (Å²) in [7, 11) is -3.78. The molecule has 0 unspecified atom stereocenters. The second-order valence-corrected chi connectivity index (χ2v) is 7.46. The van der Waals surface area contributed by atoms with Crippen LogP contribution in [0.25, 0.3) is 5.69 Å². The lowest BCUT2D eigenvalue weighted by atomic mass is 10.3. The van der Waals surface area contributed by atoms with Gasteiger partial charge in [0.05, 0.1) is 10.7 Å². The van der Waals surface area contributed by atoms with Crippen LogP contribution >= 0.6 is 27.5 Å². The van der Waals surface area contributed by atoms with Crippen molar-refractivity contribution >= 4 is 43.2 Å². The number of benzene rings is 2. The highest BCUT2D eigenvalue weighted by Crippen LogP contribution is 2.27. The fraction of sp³-hybridized carbons (Fsp3) is 0. The molecule has 0 fully saturated rings. The van der Waals surface area contributed by atoms with Gasteiger partial charge in [0.25, 0.3) is 10.0 Å². The molecule has 1 N–H and O–H groups in total. The summed E-state index contributed by atoms with van der Waals surface area (Å²) < 4.78 is 29.4. The third-order valence-corrected chi connectivity index (χ3v) is 5.27. The van der Waals surface area contributed by atoms with Crippen molar-refractivity contribution in [3.63, 3.8) is 0 Å². The average molecular weight is 415 g/mol. The van der Waals surface area contributed by atoms with Crippen LogP contribution in [0.4, 0.5) is 5.69 Å². The number of nitrogens with zero attached hydrogens (tertiary/aromatic N) is 4. The van der Waals surface area contributed by atoms with Crippen molar-refractivity contribution in [2.24, 2.45) is 0 Å². The van der Waals surface area contributed by atoms with Crippen LogP contribution in [0.1, 0.15) is 0 Å². The lowest BCUT2D eigenvalue weighted by Gasteiger charge is -2.10. The molecule has 3 rings (SSSR count). The number of nitrogens with one attached hydrogen (secondary N) is 1.